The molecule has 0 aliphatic rings. The first-order chi connectivity index (χ1) is 7.61. The van der Waals surface area contributed by atoms with Crippen molar-refractivity contribution in [3.8, 4) is 0 Å². The molecule has 0 saturated carbocycles. The van der Waals surface area contributed by atoms with Crippen molar-refractivity contribution in [2.45, 2.75) is 13.0 Å². The summed E-state index contributed by atoms with van der Waals surface area (Å²) in [7, 11) is 0. The predicted molar refractivity (Wildman–Crippen MR) is 60.7 cm³/mol. The fraction of sp³-hybridized carbons (Fsp3) is 0.778. The molecule has 16 heavy (non-hydrogen) atoms. The Balaban J connectivity index is 3.61. The summed E-state index contributed by atoms with van der Waals surface area (Å²) in [6, 6.07) is -0.980. The van der Waals surface area contributed by atoms with Gasteiger partial charge < -0.3 is 19.9 Å². The van der Waals surface area contributed by atoms with Crippen molar-refractivity contribution in [1.29, 1.82) is 0 Å². The third-order valence-corrected chi connectivity index (χ3v) is 1.99. The third kappa shape index (κ3) is 7.49. The molecule has 94 valence electrons. The Hall–Kier alpha value is -0.790. The minimum Gasteiger partial charge on any atom is -0.480 e. The molecule has 0 radical (unpaired) electrons. The van der Waals surface area contributed by atoms with Crippen LogP contribution >= 0.6 is 12.6 Å². The smallest absolute Gasteiger partial charge is 0.327 e. The van der Waals surface area contributed by atoms with E-state index in [-0.39, 0.29) is 12.4 Å². The topological polar surface area (TPSA) is 84.9 Å². The van der Waals surface area contributed by atoms with Gasteiger partial charge in [-0.2, -0.15) is 12.6 Å². The van der Waals surface area contributed by atoms with E-state index in [1.165, 1.54) is 0 Å². The zero-order valence-electron chi connectivity index (χ0n) is 9.14. The van der Waals surface area contributed by atoms with E-state index < -0.39 is 17.9 Å². The van der Waals surface area contributed by atoms with Gasteiger partial charge >= 0.3 is 5.97 Å². The number of carboxylic acid groups (broad SMARTS) is 1. The van der Waals surface area contributed by atoms with Gasteiger partial charge in [-0.1, -0.05) is 0 Å². The molecule has 1 amide bonds. The minimum atomic E-state index is -1.11. The minimum absolute atomic E-state index is 0.0417. The lowest BCUT2D eigenvalue weighted by Gasteiger charge is -2.11. The first kappa shape index (κ1) is 15.2. The van der Waals surface area contributed by atoms with Crippen LogP contribution in [-0.2, 0) is 19.1 Å². The summed E-state index contributed by atoms with van der Waals surface area (Å²) in [4.78, 5) is 21.7. The van der Waals surface area contributed by atoms with Gasteiger partial charge in [0.25, 0.3) is 0 Å². The molecule has 1 atom stereocenters. The normalized spacial score (nSPS) is 12.1. The van der Waals surface area contributed by atoms with Crippen LogP contribution in [0.1, 0.15) is 6.92 Å². The maximum atomic E-state index is 11.2. The average molecular weight is 251 g/mol. The van der Waals surface area contributed by atoms with Gasteiger partial charge in [-0.05, 0) is 6.92 Å². The molecule has 0 bridgehead atoms. The van der Waals surface area contributed by atoms with Crippen LogP contribution in [0.2, 0.25) is 0 Å². The Morgan fingerprint density at radius 3 is 2.50 bits per heavy atom. The van der Waals surface area contributed by atoms with Crippen molar-refractivity contribution >= 4 is 24.5 Å². The molecule has 0 aliphatic carbocycles. The van der Waals surface area contributed by atoms with Gasteiger partial charge in [0.15, 0.2) is 0 Å². The van der Waals surface area contributed by atoms with E-state index in [2.05, 4.69) is 17.9 Å². The van der Waals surface area contributed by atoms with Crippen LogP contribution in [0.25, 0.3) is 0 Å². The molecule has 0 fully saturated rings. The Kier molecular flexibility index (Phi) is 8.97. The maximum absolute atomic E-state index is 11.2. The van der Waals surface area contributed by atoms with E-state index >= 15 is 0 Å². The molecule has 7 heteroatoms. The number of carboxylic acids is 1. The first-order valence-electron chi connectivity index (χ1n) is 4.90. The fourth-order valence-electron chi connectivity index (χ4n) is 0.849. The van der Waals surface area contributed by atoms with Gasteiger partial charge in [0.1, 0.15) is 12.6 Å². The largest absolute Gasteiger partial charge is 0.480 e. The van der Waals surface area contributed by atoms with E-state index in [1.54, 1.807) is 0 Å². The number of carbonyl (C=O) groups excluding carboxylic acids is 1. The number of nitrogens with one attached hydrogen (secondary N) is 1. The number of hydrogen-bond donors (Lipinski definition) is 3. The summed E-state index contributed by atoms with van der Waals surface area (Å²) >= 11 is 3.81. The predicted octanol–water partition coefficient (Wildman–Crippen LogP) is -0.461. The Bertz CT molecular complexity index is 224. The highest BCUT2D eigenvalue weighted by molar-refractivity contribution is 7.80. The van der Waals surface area contributed by atoms with Crippen molar-refractivity contribution in [3.63, 3.8) is 0 Å². The van der Waals surface area contributed by atoms with Crippen molar-refractivity contribution in [1.82, 2.24) is 5.32 Å². The molecule has 0 saturated heterocycles. The monoisotopic (exact) mass is 251 g/mol. The molecule has 0 aromatic carbocycles. The quantitative estimate of drug-likeness (QED) is 0.381. The van der Waals surface area contributed by atoms with E-state index in [0.717, 1.165) is 0 Å². The summed E-state index contributed by atoms with van der Waals surface area (Å²) in [5, 5.41) is 10.9. The molecular formula is C9H17NO5S. The lowest BCUT2D eigenvalue weighted by atomic mass is 10.3. The van der Waals surface area contributed by atoms with Gasteiger partial charge in [-0.3, -0.25) is 4.79 Å². The molecule has 2 N–H and O–H groups in total. The van der Waals surface area contributed by atoms with Gasteiger partial charge in [0.05, 0.1) is 13.2 Å². The molecule has 0 spiro atoms. The lowest BCUT2D eigenvalue weighted by Crippen LogP contribution is -2.43. The number of amides is 1. The first-order valence-corrected chi connectivity index (χ1v) is 5.53. The Labute approximate surface area is 99.7 Å². The molecule has 0 unspecified atom stereocenters. The van der Waals surface area contributed by atoms with Crippen molar-refractivity contribution in [3.05, 3.63) is 0 Å². The van der Waals surface area contributed by atoms with E-state index in [4.69, 9.17) is 14.6 Å². The van der Waals surface area contributed by atoms with Crippen LogP contribution < -0.4 is 5.32 Å². The number of aliphatic carboxylic acids is 1. The Morgan fingerprint density at radius 2 is 2.00 bits per heavy atom. The van der Waals surface area contributed by atoms with Gasteiger partial charge in [-0.25, -0.2) is 4.79 Å². The van der Waals surface area contributed by atoms with Gasteiger partial charge in [-0.15, -0.1) is 0 Å². The molecule has 0 aromatic rings. The zero-order valence-corrected chi connectivity index (χ0v) is 10.0. The molecule has 0 heterocycles. The van der Waals surface area contributed by atoms with Crippen LogP contribution in [0.5, 0.6) is 0 Å². The molecule has 0 aromatic heterocycles. The highest BCUT2D eigenvalue weighted by Gasteiger charge is 2.17. The van der Waals surface area contributed by atoms with Crippen LogP contribution in [0, 0.1) is 0 Å². The number of rotatable bonds is 9. The third-order valence-electron chi connectivity index (χ3n) is 1.63. The van der Waals surface area contributed by atoms with Gasteiger partial charge in [0.2, 0.25) is 5.91 Å². The zero-order chi connectivity index (χ0) is 12.4. The highest BCUT2D eigenvalue weighted by atomic mass is 32.1. The van der Waals surface area contributed by atoms with E-state index in [1.807, 2.05) is 6.92 Å². The number of carbonyl (C=O) groups is 2. The van der Waals surface area contributed by atoms with Crippen molar-refractivity contribution in [2.24, 2.45) is 0 Å². The second kappa shape index (κ2) is 9.44. The van der Waals surface area contributed by atoms with Crippen LogP contribution in [0.4, 0.5) is 0 Å². The van der Waals surface area contributed by atoms with Crippen LogP contribution in [0.15, 0.2) is 0 Å². The standard InChI is InChI=1S/C9H17NO5S/c1-2-14-3-4-15-5-8(11)10-7(6-16)9(12)13/h7,16H,2-6H2,1H3,(H,10,11)(H,12,13)/t7-/m0/s1. The molecular weight excluding hydrogens is 234 g/mol. The van der Waals surface area contributed by atoms with E-state index in [9.17, 15) is 9.59 Å². The second-order valence-electron chi connectivity index (χ2n) is 2.89. The summed E-state index contributed by atoms with van der Waals surface area (Å²) in [5.41, 5.74) is 0. The average Bonchev–Trinajstić information content (AvgIpc) is 2.25. The van der Waals surface area contributed by atoms with Crippen LogP contribution in [0.3, 0.4) is 0 Å². The van der Waals surface area contributed by atoms with Crippen LogP contribution in [-0.4, -0.2) is 55.2 Å². The highest BCUT2D eigenvalue weighted by Crippen LogP contribution is 1.88. The van der Waals surface area contributed by atoms with Crippen molar-refractivity contribution in [2.75, 3.05) is 32.2 Å². The Morgan fingerprint density at radius 1 is 1.38 bits per heavy atom. The summed E-state index contributed by atoms with van der Waals surface area (Å²) in [6.45, 7) is 3.00. The number of hydrogen-bond acceptors (Lipinski definition) is 5. The fourth-order valence-corrected chi connectivity index (χ4v) is 1.10. The SMILES string of the molecule is CCOCCOCC(=O)N[C@@H](CS)C(=O)O. The second-order valence-corrected chi connectivity index (χ2v) is 3.26. The summed E-state index contributed by atoms with van der Waals surface area (Å²) in [5.74, 6) is -1.55. The maximum Gasteiger partial charge on any atom is 0.327 e. The number of thiol groups is 1. The summed E-state index contributed by atoms with van der Waals surface area (Å²) < 4.78 is 9.96. The summed E-state index contributed by atoms with van der Waals surface area (Å²) in [6.07, 6.45) is 0. The number of ether oxygens (including phenoxy) is 2. The lowest BCUT2D eigenvalue weighted by molar-refractivity contribution is -0.141. The molecule has 0 rings (SSSR count). The molecule has 0 aliphatic heterocycles. The van der Waals surface area contributed by atoms with Crippen molar-refractivity contribution < 1.29 is 24.2 Å². The molecule has 6 nitrogen and oxygen atoms in total. The van der Waals surface area contributed by atoms with E-state index in [0.29, 0.717) is 19.8 Å². The van der Waals surface area contributed by atoms with Gasteiger partial charge in [0, 0.05) is 12.4 Å².